The second-order valence-corrected chi connectivity index (χ2v) is 6.54. The van der Waals surface area contributed by atoms with Gasteiger partial charge in [-0.15, -0.1) is 0 Å². The van der Waals surface area contributed by atoms with E-state index in [1.807, 2.05) is 30.3 Å². The number of methoxy groups -OCH3 is 1. The zero-order chi connectivity index (χ0) is 14.0. The van der Waals surface area contributed by atoms with Crippen molar-refractivity contribution in [3.63, 3.8) is 0 Å². The van der Waals surface area contributed by atoms with Crippen LogP contribution in [0.25, 0.3) is 0 Å². The Bertz CT molecular complexity index is 606. The van der Waals surface area contributed by atoms with Crippen LogP contribution in [-0.2, 0) is 0 Å². The molecule has 0 aliphatic rings. The van der Waals surface area contributed by atoms with Crippen molar-refractivity contribution in [1.29, 1.82) is 0 Å². The Kier molecular flexibility index (Phi) is 5.11. The van der Waals surface area contributed by atoms with Gasteiger partial charge in [-0.25, -0.2) is 0 Å². The summed E-state index contributed by atoms with van der Waals surface area (Å²) in [6, 6.07) is 11.5. The van der Waals surface area contributed by atoms with Crippen molar-refractivity contribution in [2.24, 2.45) is 5.73 Å². The molecular formula is C14H12BrClINO. The third kappa shape index (κ3) is 3.42. The topological polar surface area (TPSA) is 35.2 Å². The quantitative estimate of drug-likeness (QED) is 0.682. The number of ether oxygens (including phenoxy) is 1. The van der Waals surface area contributed by atoms with Crippen molar-refractivity contribution in [2.75, 3.05) is 7.11 Å². The van der Waals surface area contributed by atoms with E-state index in [0.717, 1.165) is 19.2 Å². The van der Waals surface area contributed by atoms with E-state index in [4.69, 9.17) is 22.1 Å². The van der Waals surface area contributed by atoms with Gasteiger partial charge in [-0.3, -0.25) is 0 Å². The van der Waals surface area contributed by atoms with E-state index in [-0.39, 0.29) is 6.04 Å². The second kappa shape index (κ2) is 6.43. The van der Waals surface area contributed by atoms with Crippen molar-refractivity contribution in [3.05, 3.63) is 60.6 Å². The molecule has 0 aliphatic carbocycles. The lowest BCUT2D eigenvalue weighted by Gasteiger charge is -2.16. The van der Waals surface area contributed by atoms with Crippen LogP contribution in [0.2, 0.25) is 5.02 Å². The molecule has 0 saturated carbocycles. The number of benzene rings is 2. The molecule has 1 unspecified atom stereocenters. The summed E-state index contributed by atoms with van der Waals surface area (Å²) in [6.07, 6.45) is 0. The van der Waals surface area contributed by atoms with Gasteiger partial charge < -0.3 is 10.5 Å². The van der Waals surface area contributed by atoms with Crippen molar-refractivity contribution >= 4 is 50.1 Å². The maximum absolute atomic E-state index is 6.31. The molecule has 19 heavy (non-hydrogen) atoms. The average molecular weight is 453 g/mol. The molecule has 1 atom stereocenters. The zero-order valence-corrected chi connectivity index (χ0v) is 14.7. The Morgan fingerprint density at radius 3 is 2.63 bits per heavy atom. The SMILES string of the molecule is COc1ccc(C(N)c2cc(I)ccc2Br)cc1Cl. The van der Waals surface area contributed by atoms with E-state index in [1.54, 1.807) is 7.11 Å². The van der Waals surface area contributed by atoms with Crippen LogP contribution >= 0.6 is 50.1 Å². The van der Waals surface area contributed by atoms with Crippen LogP contribution in [0.15, 0.2) is 40.9 Å². The molecule has 0 saturated heterocycles. The Hall–Kier alpha value is -0.300. The minimum atomic E-state index is -0.229. The van der Waals surface area contributed by atoms with Gasteiger partial charge in [-0.1, -0.05) is 33.6 Å². The molecule has 2 rings (SSSR count). The fraction of sp³-hybridized carbons (Fsp3) is 0.143. The molecule has 2 nitrogen and oxygen atoms in total. The lowest BCUT2D eigenvalue weighted by atomic mass is 10.00. The Morgan fingerprint density at radius 2 is 2.00 bits per heavy atom. The summed E-state index contributed by atoms with van der Waals surface area (Å²) in [5, 5.41) is 0.567. The minimum Gasteiger partial charge on any atom is -0.495 e. The maximum Gasteiger partial charge on any atom is 0.137 e. The van der Waals surface area contributed by atoms with Gasteiger partial charge in [-0.2, -0.15) is 0 Å². The average Bonchev–Trinajstić information content (AvgIpc) is 2.40. The van der Waals surface area contributed by atoms with Crippen LogP contribution < -0.4 is 10.5 Å². The van der Waals surface area contributed by atoms with Gasteiger partial charge in [0.15, 0.2) is 0 Å². The summed E-state index contributed by atoms with van der Waals surface area (Å²) in [5.74, 6) is 0.652. The Labute approximate surface area is 139 Å². The highest BCUT2D eigenvalue weighted by Crippen LogP contribution is 2.32. The molecule has 5 heteroatoms. The molecule has 2 aromatic rings. The largest absolute Gasteiger partial charge is 0.495 e. The van der Waals surface area contributed by atoms with Crippen LogP contribution in [0.3, 0.4) is 0 Å². The molecule has 0 heterocycles. The van der Waals surface area contributed by atoms with E-state index < -0.39 is 0 Å². The number of nitrogens with two attached hydrogens (primary N) is 1. The molecule has 100 valence electrons. The van der Waals surface area contributed by atoms with E-state index in [1.165, 1.54) is 0 Å². The van der Waals surface area contributed by atoms with Gasteiger partial charge in [0.2, 0.25) is 0 Å². The molecule has 0 aliphatic heterocycles. The van der Waals surface area contributed by atoms with Crippen LogP contribution in [-0.4, -0.2) is 7.11 Å². The zero-order valence-electron chi connectivity index (χ0n) is 10.2. The van der Waals surface area contributed by atoms with Crippen LogP contribution in [0.1, 0.15) is 17.2 Å². The van der Waals surface area contributed by atoms with Crippen molar-refractivity contribution in [3.8, 4) is 5.75 Å². The molecule has 0 fully saturated rings. The van der Waals surface area contributed by atoms with Gasteiger partial charge in [0.05, 0.1) is 18.2 Å². The molecule has 0 spiro atoms. The lowest BCUT2D eigenvalue weighted by Crippen LogP contribution is -2.12. The van der Waals surface area contributed by atoms with Gasteiger partial charge in [0.1, 0.15) is 5.75 Å². The summed E-state index contributed by atoms with van der Waals surface area (Å²) in [4.78, 5) is 0. The summed E-state index contributed by atoms with van der Waals surface area (Å²) in [7, 11) is 1.59. The number of hydrogen-bond acceptors (Lipinski definition) is 2. The smallest absolute Gasteiger partial charge is 0.137 e. The van der Waals surface area contributed by atoms with Gasteiger partial charge in [0, 0.05) is 8.04 Å². The molecule has 0 bridgehead atoms. The van der Waals surface area contributed by atoms with Crippen LogP contribution in [0.5, 0.6) is 5.75 Å². The molecule has 0 aromatic heterocycles. The molecule has 0 radical (unpaired) electrons. The fourth-order valence-corrected chi connectivity index (χ4v) is 3.08. The number of hydrogen-bond donors (Lipinski definition) is 1. The first-order valence-corrected chi connectivity index (χ1v) is 7.82. The summed E-state index contributed by atoms with van der Waals surface area (Å²) >= 11 is 11.9. The molecule has 2 aromatic carbocycles. The number of halogens is 3. The summed E-state index contributed by atoms with van der Waals surface area (Å²) in [6.45, 7) is 0. The Balaban J connectivity index is 2.41. The second-order valence-electron chi connectivity index (χ2n) is 4.04. The molecule has 2 N–H and O–H groups in total. The van der Waals surface area contributed by atoms with Gasteiger partial charge >= 0.3 is 0 Å². The van der Waals surface area contributed by atoms with E-state index in [0.29, 0.717) is 10.8 Å². The fourth-order valence-electron chi connectivity index (χ4n) is 1.81. The van der Waals surface area contributed by atoms with Crippen LogP contribution in [0.4, 0.5) is 0 Å². The minimum absolute atomic E-state index is 0.229. The van der Waals surface area contributed by atoms with Gasteiger partial charge in [0.25, 0.3) is 0 Å². The maximum atomic E-state index is 6.31. The van der Waals surface area contributed by atoms with Crippen molar-refractivity contribution < 1.29 is 4.74 Å². The monoisotopic (exact) mass is 451 g/mol. The third-order valence-corrected chi connectivity index (χ3v) is 4.52. The van der Waals surface area contributed by atoms with Crippen molar-refractivity contribution in [2.45, 2.75) is 6.04 Å². The predicted octanol–water partition coefficient (Wildman–Crippen LogP) is 4.76. The lowest BCUT2D eigenvalue weighted by molar-refractivity contribution is 0.415. The van der Waals surface area contributed by atoms with E-state index in [2.05, 4.69) is 44.6 Å². The van der Waals surface area contributed by atoms with E-state index >= 15 is 0 Å². The molecule has 0 amide bonds. The molecular weight excluding hydrogens is 440 g/mol. The summed E-state index contributed by atoms with van der Waals surface area (Å²) in [5.41, 5.74) is 8.30. The standard InChI is InChI=1S/C14H12BrClINO/c1-19-13-5-2-8(6-12(13)16)14(18)10-7-9(17)3-4-11(10)15/h2-7,14H,18H2,1H3. The highest BCUT2D eigenvalue weighted by Gasteiger charge is 2.14. The van der Waals surface area contributed by atoms with Crippen LogP contribution in [0, 0.1) is 3.57 Å². The Morgan fingerprint density at radius 1 is 1.26 bits per heavy atom. The first-order valence-electron chi connectivity index (χ1n) is 5.57. The predicted molar refractivity (Wildman–Crippen MR) is 90.9 cm³/mol. The highest BCUT2D eigenvalue weighted by atomic mass is 127. The summed E-state index contributed by atoms with van der Waals surface area (Å²) < 4.78 is 7.28. The van der Waals surface area contributed by atoms with Gasteiger partial charge in [-0.05, 0) is 64.0 Å². The van der Waals surface area contributed by atoms with E-state index in [9.17, 15) is 0 Å². The number of rotatable bonds is 3. The first-order chi connectivity index (χ1) is 9.02. The normalized spacial score (nSPS) is 12.3. The third-order valence-electron chi connectivity index (χ3n) is 2.83. The highest BCUT2D eigenvalue weighted by molar-refractivity contribution is 14.1. The first kappa shape index (κ1) is 15.1. The van der Waals surface area contributed by atoms with Crippen molar-refractivity contribution in [1.82, 2.24) is 0 Å².